The van der Waals surface area contributed by atoms with Gasteiger partial charge in [-0.2, -0.15) is 0 Å². The van der Waals surface area contributed by atoms with Gasteiger partial charge in [-0.15, -0.1) is 0 Å². The number of hydrogen-bond donors (Lipinski definition) is 2. The topological polar surface area (TPSA) is 86.7 Å². The molecule has 6 heteroatoms. The number of anilines is 1. The zero-order valence-electron chi connectivity index (χ0n) is 12.9. The number of carbonyl (C=O) groups excluding carboxylic acids is 2. The van der Waals surface area contributed by atoms with Crippen LogP contribution in [-0.2, 0) is 14.4 Å². The van der Waals surface area contributed by atoms with E-state index in [-0.39, 0.29) is 18.4 Å². The van der Waals surface area contributed by atoms with Crippen LogP contribution in [0.5, 0.6) is 0 Å². The number of benzene rings is 1. The second-order valence-corrected chi connectivity index (χ2v) is 5.78. The molecule has 118 valence electrons. The van der Waals surface area contributed by atoms with Gasteiger partial charge in [-0.25, -0.2) is 0 Å². The molecule has 2 rings (SSSR count). The van der Waals surface area contributed by atoms with Crippen molar-refractivity contribution in [2.24, 2.45) is 11.8 Å². The summed E-state index contributed by atoms with van der Waals surface area (Å²) >= 11 is 0. The number of carboxylic acid groups (broad SMARTS) is 1. The number of carbonyl (C=O) groups is 3. The van der Waals surface area contributed by atoms with Crippen molar-refractivity contribution in [3.05, 3.63) is 29.3 Å². The third-order valence-electron chi connectivity index (χ3n) is 4.06. The molecule has 1 saturated carbocycles. The summed E-state index contributed by atoms with van der Waals surface area (Å²) in [4.78, 5) is 36.1. The third-order valence-corrected chi connectivity index (χ3v) is 4.06. The van der Waals surface area contributed by atoms with E-state index in [0.717, 1.165) is 16.8 Å². The minimum absolute atomic E-state index is 0.0882. The summed E-state index contributed by atoms with van der Waals surface area (Å²) in [6, 6.07) is 5.62. The molecule has 1 aromatic rings. The highest BCUT2D eigenvalue weighted by molar-refractivity contribution is 5.96. The molecule has 1 fully saturated rings. The van der Waals surface area contributed by atoms with Crippen LogP contribution in [0.3, 0.4) is 0 Å². The number of amides is 2. The lowest BCUT2D eigenvalue weighted by Crippen LogP contribution is -2.36. The molecule has 22 heavy (non-hydrogen) atoms. The number of likely N-dealkylation sites (N-methyl/N-ethyl adjacent to an activating group) is 1. The Balaban J connectivity index is 1.90. The van der Waals surface area contributed by atoms with Crippen LogP contribution in [0.25, 0.3) is 0 Å². The van der Waals surface area contributed by atoms with Gasteiger partial charge in [0.05, 0.1) is 18.4 Å². The maximum Gasteiger partial charge on any atom is 0.307 e. The number of aliphatic carboxylic acids is 1. The quantitative estimate of drug-likeness (QED) is 0.861. The molecule has 1 aliphatic carbocycles. The molecule has 0 bridgehead atoms. The zero-order chi connectivity index (χ0) is 16.4. The summed E-state index contributed by atoms with van der Waals surface area (Å²) in [6.45, 7) is 3.79. The van der Waals surface area contributed by atoms with Gasteiger partial charge in [-0.3, -0.25) is 14.4 Å². The molecule has 1 aliphatic rings. The second kappa shape index (κ2) is 6.17. The van der Waals surface area contributed by atoms with E-state index in [9.17, 15) is 14.4 Å². The fourth-order valence-corrected chi connectivity index (χ4v) is 2.39. The fraction of sp³-hybridized carbons (Fsp3) is 0.438. The summed E-state index contributed by atoms with van der Waals surface area (Å²) in [7, 11) is 1.52. The molecule has 6 nitrogen and oxygen atoms in total. The molecule has 0 aliphatic heterocycles. The molecular formula is C16H20N2O4. The van der Waals surface area contributed by atoms with Crippen LogP contribution in [-0.4, -0.2) is 41.4 Å². The molecule has 0 radical (unpaired) electrons. The molecule has 2 N–H and O–H groups in total. The maximum absolute atomic E-state index is 12.0. The van der Waals surface area contributed by atoms with E-state index in [2.05, 4.69) is 5.32 Å². The minimum atomic E-state index is -0.952. The predicted molar refractivity (Wildman–Crippen MR) is 81.4 cm³/mol. The molecule has 0 saturated heterocycles. The van der Waals surface area contributed by atoms with Crippen LogP contribution < -0.4 is 5.32 Å². The SMILES string of the molecule is Cc1cccc(NC(=O)CN(C)C(=O)C2CC2C(=O)O)c1C. The summed E-state index contributed by atoms with van der Waals surface area (Å²) in [5.74, 6) is -2.62. The second-order valence-electron chi connectivity index (χ2n) is 5.78. The largest absolute Gasteiger partial charge is 0.481 e. The Bertz CT molecular complexity index is 627. The van der Waals surface area contributed by atoms with E-state index in [1.165, 1.54) is 11.9 Å². The highest BCUT2D eigenvalue weighted by Crippen LogP contribution is 2.39. The predicted octanol–water partition coefficient (Wildman–Crippen LogP) is 1.42. The van der Waals surface area contributed by atoms with Crippen LogP contribution >= 0.6 is 0 Å². The van der Waals surface area contributed by atoms with Crippen LogP contribution in [0.4, 0.5) is 5.69 Å². The minimum Gasteiger partial charge on any atom is -0.481 e. The summed E-state index contributed by atoms with van der Waals surface area (Å²) in [5.41, 5.74) is 2.78. The van der Waals surface area contributed by atoms with Crippen molar-refractivity contribution in [1.29, 1.82) is 0 Å². The lowest BCUT2D eigenvalue weighted by Gasteiger charge is -2.17. The molecule has 0 spiro atoms. The van der Waals surface area contributed by atoms with Crippen molar-refractivity contribution in [3.63, 3.8) is 0 Å². The van der Waals surface area contributed by atoms with Gasteiger partial charge in [0.2, 0.25) is 11.8 Å². The lowest BCUT2D eigenvalue weighted by molar-refractivity contribution is -0.141. The molecular weight excluding hydrogens is 284 g/mol. The summed E-state index contributed by atoms with van der Waals surface area (Å²) in [5, 5.41) is 11.6. The highest BCUT2D eigenvalue weighted by Gasteiger charge is 2.49. The van der Waals surface area contributed by atoms with Gasteiger partial charge in [0.15, 0.2) is 0 Å². The van der Waals surface area contributed by atoms with E-state index in [0.29, 0.717) is 6.42 Å². The number of aryl methyl sites for hydroxylation is 1. The fourth-order valence-electron chi connectivity index (χ4n) is 2.39. The van der Waals surface area contributed by atoms with Gasteiger partial charge in [-0.05, 0) is 37.5 Å². The Morgan fingerprint density at radius 3 is 2.55 bits per heavy atom. The number of nitrogens with one attached hydrogen (secondary N) is 1. The molecule has 2 atom stereocenters. The van der Waals surface area contributed by atoms with E-state index >= 15 is 0 Å². The number of rotatable bonds is 5. The van der Waals surface area contributed by atoms with Gasteiger partial charge in [0.1, 0.15) is 0 Å². The molecule has 2 amide bonds. The number of hydrogen-bond acceptors (Lipinski definition) is 3. The molecule has 0 aromatic heterocycles. The van der Waals surface area contributed by atoms with Crippen molar-refractivity contribution < 1.29 is 19.5 Å². The summed E-state index contributed by atoms with van der Waals surface area (Å²) in [6.07, 6.45) is 0.358. The Hall–Kier alpha value is -2.37. The van der Waals surface area contributed by atoms with Crippen LogP contribution in [0.15, 0.2) is 18.2 Å². The van der Waals surface area contributed by atoms with E-state index in [4.69, 9.17) is 5.11 Å². The van der Waals surface area contributed by atoms with Crippen LogP contribution in [0.1, 0.15) is 17.5 Å². The monoisotopic (exact) mass is 304 g/mol. The average molecular weight is 304 g/mol. The number of carboxylic acids is 1. The van der Waals surface area contributed by atoms with Crippen molar-refractivity contribution in [3.8, 4) is 0 Å². The lowest BCUT2D eigenvalue weighted by atomic mass is 10.1. The Labute approximate surface area is 129 Å². The first-order valence-electron chi connectivity index (χ1n) is 7.15. The molecule has 2 unspecified atom stereocenters. The Morgan fingerprint density at radius 2 is 1.95 bits per heavy atom. The van der Waals surface area contributed by atoms with Crippen LogP contribution in [0, 0.1) is 25.7 Å². The van der Waals surface area contributed by atoms with E-state index in [1.807, 2.05) is 32.0 Å². The van der Waals surface area contributed by atoms with E-state index in [1.54, 1.807) is 0 Å². The van der Waals surface area contributed by atoms with Gasteiger partial charge in [0, 0.05) is 12.7 Å². The number of nitrogens with zero attached hydrogens (tertiary/aromatic N) is 1. The molecule has 1 aromatic carbocycles. The summed E-state index contributed by atoms with van der Waals surface area (Å²) < 4.78 is 0. The van der Waals surface area contributed by atoms with Gasteiger partial charge >= 0.3 is 5.97 Å². The van der Waals surface area contributed by atoms with Gasteiger partial charge in [0.25, 0.3) is 0 Å². The Kier molecular flexibility index (Phi) is 4.49. The van der Waals surface area contributed by atoms with Crippen LogP contribution in [0.2, 0.25) is 0 Å². The Morgan fingerprint density at radius 1 is 1.27 bits per heavy atom. The zero-order valence-corrected chi connectivity index (χ0v) is 12.9. The first-order chi connectivity index (χ1) is 10.3. The normalized spacial score (nSPS) is 19.4. The maximum atomic E-state index is 12.0. The van der Waals surface area contributed by atoms with Crippen molar-refractivity contribution in [2.45, 2.75) is 20.3 Å². The molecule has 0 heterocycles. The van der Waals surface area contributed by atoms with Crippen molar-refractivity contribution >= 4 is 23.5 Å². The first-order valence-corrected chi connectivity index (χ1v) is 7.15. The average Bonchev–Trinajstić information content (AvgIpc) is 3.23. The van der Waals surface area contributed by atoms with Crippen molar-refractivity contribution in [2.75, 3.05) is 18.9 Å². The first kappa shape index (κ1) is 16.0. The smallest absolute Gasteiger partial charge is 0.307 e. The third kappa shape index (κ3) is 3.44. The van der Waals surface area contributed by atoms with Gasteiger partial charge < -0.3 is 15.3 Å². The van der Waals surface area contributed by atoms with Crippen molar-refractivity contribution in [1.82, 2.24) is 4.90 Å². The highest BCUT2D eigenvalue weighted by atomic mass is 16.4. The standard InChI is InChI=1S/C16H20N2O4/c1-9-5-4-6-13(10(9)2)17-14(19)8-18(3)15(20)11-7-12(11)16(21)22/h4-6,11-12H,7-8H2,1-3H3,(H,17,19)(H,21,22). The van der Waals surface area contributed by atoms with E-state index < -0.39 is 17.8 Å². The van der Waals surface area contributed by atoms with Gasteiger partial charge in [-0.1, -0.05) is 12.1 Å².